The molecule has 1 N–H and O–H groups in total. The Morgan fingerprint density at radius 2 is 2.03 bits per heavy atom. The van der Waals surface area contributed by atoms with Crippen molar-refractivity contribution in [3.8, 4) is 0 Å². The van der Waals surface area contributed by atoms with Crippen molar-refractivity contribution in [3.63, 3.8) is 0 Å². The van der Waals surface area contributed by atoms with Gasteiger partial charge in [-0.2, -0.15) is 10.1 Å². The lowest BCUT2D eigenvalue weighted by Gasteiger charge is -2.31. The number of nitrogens with one attached hydrogen (secondary N) is 1. The molecule has 0 spiro atoms. The molecule has 0 aliphatic carbocycles. The maximum Gasteiger partial charge on any atom is 0.332 e. The Balaban J connectivity index is 1.77. The summed E-state index contributed by atoms with van der Waals surface area (Å²) in [6, 6.07) is 3.46. The molecule has 0 bridgehead atoms. The minimum absolute atomic E-state index is 0.134. The number of halogens is 1. The summed E-state index contributed by atoms with van der Waals surface area (Å²) in [5.41, 5.74) is 2.01. The van der Waals surface area contributed by atoms with Crippen LogP contribution in [0.5, 0.6) is 0 Å². The molecular weight excluding hydrogens is 488 g/mol. The Kier molecular flexibility index (Phi) is 9.51. The van der Waals surface area contributed by atoms with E-state index in [1.54, 1.807) is 49.1 Å². The molecule has 194 valence electrons. The van der Waals surface area contributed by atoms with Crippen molar-refractivity contribution in [2.45, 2.75) is 39.9 Å². The molecule has 0 aliphatic heterocycles. The van der Waals surface area contributed by atoms with Gasteiger partial charge in [0.15, 0.2) is 0 Å². The normalized spacial score (nSPS) is 12.1. The molecule has 12 nitrogen and oxygen atoms in total. The first-order chi connectivity index (χ1) is 17.2. The molecule has 13 heteroatoms. The first kappa shape index (κ1) is 27.2. The maximum atomic E-state index is 11.9. The largest absolute Gasteiger partial charge is 0.359 e. The molecule has 0 saturated heterocycles. The fourth-order valence-electron chi connectivity index (χ4n) is 3.70. The van der Waals surface area contributed by atoms with Crippen LogP contribution in [0.25, 0.3) is 0 Å². The number of nitrogens with zero attached hydrogens (tertiary/aromatic N) is 7. The van der Waals surface area contributed by atoms with Crippen molar-refractivity contribution in [1.29, 1.82) is 0 Å². The third kappa shape index (κ3) is 7.09. The van der Waals surface area contributed by atoms with E-state index in [1.807, 2.05) is 26.1 Å². The first-order valence-corrected chi connectivity index (χ1v) is 11.8. The summed E-state index contributed by atoms with van der Waals surface area (Å²) < 4.78 is 12.3. The van der Waals surface area contributed by atoms with Gasteiger partial charge in [0.05, 0.1) is 30.3 Å². The summed E-state index contributed by atoms with van der Waals surface area (Å²) in [5, 5.41) is 19.8. The van der Waals surface area contributed by atoms with E-state index in [0.29, 0.717) is 24.8 Å². The highest BCUT2D eigenvalue weighted by molar-refractivity contribution is 6.29. The van der Waals surface area contributed by atoms with Crippen LogP contribution in [-0.2, 0) is 22.6 Å². The second kappa shape index (κ2) is 12.6. The Morgan fingerprint density at radius 1 is 1.25 bits per heavy atom. The summed E-state index contributed by atoms with van der Waals surface area (Å²) >= 11 is 5.84. The highest BCUT2D eigenvalue weighted by Gasteiger charge is 2.30. The molecule has 3 rings (SSSR count). The van der Waals surface area contributed by atoms with Gasteiger partial charge in [0.25, 0.3) is 0 Å². The van der Waals surface area contributed by atoms with E-state index < -0.39 is 4.92 Å². The number of anilines is 2. The Labute approximate surface area is 214 Å². The second-order valence-corrected chi connectivity index (χ2v) is 9.04. The van der Waals surface area contributed by atoms with Crippen molar-refractivity contribution >= 4 is 29.1 Å². The van der Waals surface area contributed by atoms with E-state index in [4.69, 9.17) is 21.1 Å². The van der Waals surface area contributed by atoms with Crippen LogP contribution in [0.1, 0.15) is 30.7 Å². The van der Waals surface area contributed by atoms with Crippen molar-refractivity contribution < 1.29 is 14.4 Å². The number of aryl methyl sites for hydroxylation is 1. The van der Waals surface area contributed by atoms with Crippen LogP contribution >= 0.6 is 11.6 Å². The minimum Gasteiger partial charge on any atom is -0.359 e. The lowest BCUT2D eigenvalue weighted by molar-refractivity contribution is -0.385. The quantitative estimate of drug-likeness (QED) is 0.117. The van der Waals surface area contributed by atoms with Gasteiger partial charge in [-0.3, -0.25) is 14.8 Å². The van der Waals surface area contributed by atoms with E-state index in [1.165, 1.54) is 0 Å². The molecule has 0 saturated carbocycles. The van der Waals surface area contributed by atoms with Gasteiger partial charge < -0.3 is 19.7 Å². The Morgan fingerprint density at radius 3 is 2.67 bits per heavy atom. The molecule has 0 radical (unpaired) electrons. The minimum atomic E-state index is -0.450. The summed E-state index contributed by atoms with van der Waals surface area (Å²) in [4.78, 5) is 26.1. The van der Waals surface area contributed by atoms with E-state index >= 15 is 0 Å². The number of rotatable bonds is 13. The number of aromatic nitrogens is 5. The lowest BCUT2D eigenvalue weighted by Crippen LogP contribution is -2.41. The molecule has 3 heterocycles. The molecular formula is C23H31ClN8O4. The van der Waals surface area contributed by atoms with Crippen LogP contribution in [0.3, 0.4) is 0 Å². The van der Waals surface area contributed by atoms with E-state index in [0.717, 1.165) is 11.1 Å². The van der Waals surface area contributed by atoms with Crippen molar-refractivity contribution in [2.75, 3.05) is 37.8 Å². The van der Waals surface area contributed by atoms with Crippen LogP contribution in [0.4, 0.5) is 17.5 Å². The Hall–Kier alpha value is -3.35. The summed E-state index contributed by atoms with van der Waals surface area (Å²) in [5.74, 6) is 0.649. The van der Waals surface area contributed by atoms with Crippen LogP contribution in [-0.4, -0.2) is 63.3 Å². The highest BCUT2D eigenvalue weighted by atomic mass is 35.5. The van der Waals surface area contributed by atoms with Crippen LogP contribution in [0, 0.1) is 23.0 Å². The van der Waals surface area contributed by atoms with Crippen molar-refractivity contribution in [2.24, 2.45) is 5.92 Å². The topological polar surface area (TPSA) is 133 Å². The zero-order valence-corrected chi connectivity index (χ0v) is 21.8. The van der Waals surface area contributed by atoms with Gasteiger partial charge in [-0.25, -0.2) is 9.97 Å². The van der Waals surface area contributed by atoms with Gasteiger partial charge in [0.2, 0.25) is 11.8 Å². The third-order valence-electron chi connectivity index (χ3n) is 5.58. The fraction of sp³-hybridized carbons (Fsp3) is 0.478. The van der Waals surface area contributed by atoms with Gasteiger partial charge in [-0.15, -0.1) is 0 Å². The van der Waals surface area contributed by atoms with Gasteiger partial charge in [0.1, 0.15) is 17.6 Å². The van der Waals surface area contributed by atoms with Gasteiger partial charge in [-0.1, -0.05) is 31.5 Å². The van der Waals surface area contributed by atoms with E-state index in [9.17, 15) is 10.1 Å². The number of nitro groups is 1. The van der Waals surface area contributed by atoms with Crippen molar-refractivity contribution in [1.82, 2.24) is 24.7 Å². The average molecular weight is 519 g/mol. The third-order valence-corrected chi connectivity index (χ3v) is 5.81. The van der Waals surface area contributed by atoms with Gasteiger partial charge >= 0.3 is 5.69 Å². The second-order valence-electron chi connectivity index (χ2n) is 8.65. The summed E-state index contributed by atoms with van der Waals surface area (Å²) in [6.45, 7) is 7.05. The molecule has 0 fully saturated rings. The van der Waals surface area contributed by atoms with Crippen LogP contribution in [0.2, 0.25) is 5.15 Å². The van der Waals surface area contributed by atoms with Crippen LogP contribution in [0.15, 0.2) is 30.7 Å². The first-order valence-electron chi connectivity index (χ1n) is 11.4. The zero-order valence-electron chi connectivity index (χ0n) is 21.0. The standard InChI is InChI=1S/C23H31ClN8O4/c1-15(2)19(13-36-14-35-5)30(4)22-21(32(33)34)16(3)28-23(29-22)26-9-18-10-27-31(12-18)11-17-6-7-20(24)25-8-17/h6-8,10,12,15,19H,9,11,13-14H2,1-5H3,(H,26,28,29)/t19-/m1/s1. The maximum absolute atomic E-state index is 11.9. The molecule has 3 aromatic heterocycles. The highest BCUT2D eigenvalue weighted by Crippen LogP contribution is 2.31. The molecule has 1 atom stereocenters. The van der Waals surface area contributed by atoms with E-state index in [-0.39, 0.29) is 41.9 Å². The van der Waals surface area contributed by atoms with Gasteiger partial charge in [0, 0.05) is 38.7 Å². The number of ether oxygens (including phenoxy) is 2. The molecule has 0 aliphatic rings. The van der Waals surface area contributed by atoms with Gasteiger partial charge in [-0.05, 0) is 24.5 Å². The molecule has 0 unspecified atom stereocenters. The number of methoxy groups -OCH3 is 1. The number of hydrogen-bond acceptors (Lipinski definition) is 10. The zero-order chi connectivity index (χ0) is 26.2. The van der Waals surface area contributed by atoms with E-state index in [2.05, 4.69) is 25.4 Å². The SMILES string of the molecule is COCOC[C@H](C(C)C)N(C)c1nc(NCc2cnn(Cc3ccc(Cl)nc3)c2)nc(C)c1[N+](=O)[O-]. The molecule has 0 aromatic carbocycles. The fourth-order valence-corrected chi connectivity index (χ4v) is 3.82. The predicted molar refractivity (Wildman–Crippen MR) is 136 cm³/mol. The summed E-state index contributed by atoms with van der Waals surface area (Å²) in [6.07, 6.45) is 5.34. The molecule has 0 amide bonds. The monoisotopic (exact) mass is 518 g/mol. The number of likely N-dealkylation sites (N-methyl/N-ethyl adjacent to an activating group) is 1. The van der Waals surface area contributed by atoms with Crippen molar-refractivity contribution in [3.05, 3.63) is 62.8 Å². The number of pyridine rings is 1. The lowest BCUT2D eigenvalue weighted by atomic mass is 10.0. The summed E-state index contributed by atoms with van der Waals surface area (Å²) in [7, 11) is 3.32. The predicted octanol–water partition coefficient (Wildman–Crippen LogP) is 3.68. The molecule has 3 aromatic rings. The van der Waals surface area contributed by atoms with Crippen LogP contribution < -0.4 is 10.2 Å². The smallest absolute Gasteiger partial charge is 0.332 e. The average Bonchev–Trinajstić information content (AvgIpc) is 3.28. The Bertz CT molecular complexity index is 1160. The number of hydrogen-bond donors (Lipinski definition) is 1. The molecule has 36 heavy (non-hydrogen) atoms.